The molecule has 1 aliphatic rings. The third kappa shape index (κ3) is 3.40. The summed E-state index contributed by atoms with van der Waals surface area (Å²) in [5.74, 6) is 1.87. The van der Waals surface area contributed by atoms with E-state index in [1.807, 2.05) is 17.8 Å². The van der Waals surface area contributed by atoms with Crippen LogP contribution in [-0.4, -0.2) is 28.7 Å². The zero-order valence-corrected chi connectivity index (χ0v) is 10.9. The number of benzene rings is 1. The van der Waals surface area contributed by atoms with Crippen LogP contribution in [0, 0.1) is 0 Å². The number of rotatable bonds is 4. The Kier molecular flexibility index (Phi) is 4.49. The molecule has 0 amide bonds. The number of carboxylic acid groups (broad SMARTS) is 1. The van der Waals surface area contributed by atoms with Gasteiger partial charge in [0.05, 0.1) is 0 Å². The molecule has 0 saturated carbocycles. The molecule has 0 aliphatic carbocycles. The fourth-order valence-corrected chi connectivity index (χ4v) is 2.96. The number of carbonyl (C=O) groups is 1. The summed E-state index contributed by atoms with van der Waals surface area (Å²) in [6, 6.07) is 6.06. The molecule has 1 aromatic carbocycles. The first-order valence-corrected chi connectivity index (χ1v) is 7.15. The first-order valence-electron chi connectivity index (χ1n) is 5.99. The van der Waals surface area contributed by atoms with Gasteiger partial charge >= 0.3 is 5.97 Å². The van der Waals surface area contributed by atoms with E-state index in [0.717, 1.165) is 12.2 Å². The molecular weight excluding hydrogens is 250 g/mol. The van der Waals surface area contributed by atoms with E-state index >= 15 is 0 Å². The lowest BCUT2D eigenvalue weighted by atomic mass is 10.1. The van der Waals surface area contributed by atoms with Gasteiger partial charge in [-0.15, -0.1) is 0 Å². The van der Waals surface area contributed by atoms with Crippen LogP contribution in [0.5, 0.6) is 5.75 Å². The van der Waals surface area contributed by atoms with E-state index in [4.69, 9.17) is 15.6 Å². The van der Waals surface area contributed by atoms with Gasteiger partial charge in [0.2, 0.25) is 0 Å². The number of ether oxygens (including phenoxy) is 1. The molecule has 4 nitrogen and oxygen atoms in total. The molecule has 0 radical (unpaired) electrons. The molecule has 2 rings (SSSR count). The Morgan fingerprint density at radius 3 is 3.06 bits per heavy atom. The quantitative estimate of drug-likeness (QED) is 0.873. The highest BCUT2D eigenvalue weighted by Gasteiger charge is 2.17. The van der Waals surface area contributed by atoms with Crippen LogP contribution >= 0.6 is 11.8 Å². The number of nitrogens with two attached hydrogens (primary N) is 1. The molecule has 0 spiro atoms. The summed E-state index contributed by atoms with van der Waals surface area (Å²) in [4.78, 5) is 10.8. The zero-order valence-electron chi connectivity index (χ0n) is 10.0. The van der Waals surface area contributed by atoms with Gasteiger partial charge in [-0.2, -0.15) is 11.8 Å². The fourth-order valence-electron chi connectivity index (χ4n) is 1.92. The van der Waals surface area contributed by atoms with Gasteiger partial charge in [0.15, 0.2) is 0 Å². The molecule has 18 heavy (non-hydrogen) atoms. The predicted octanol–water partition coefficient (Wildman–Crippen LogP) is 2.05. The highest BCUT2D eigenvalue weighted by Crippen LogP contribution is 2.24. The second-order valence-electron chi connectivity index (χ2n) is 4.35. The van der Waals surface area contributed by atoms with Gasteiger partial charge in [0.1, 0.15) is 17.9 Å². The van der Waals surface area contributed by atoms with Crippen molar-refractivity contribution in [3.63, 3.8) is 0 Å². The molecule has 0 bridgehead atoms. The molecular formula is C13H17NO3S. The number of hydrogen-bond donors (Lipinski definition) is 2. The third-order valence-corrected chi connectivity index (χ3v) is 4.09. The first kappa shape index (κ1) is 13.2. The lowest BCUT2D eigenvalue weighted by Gasteiger charge is -2.23. The van der Waals surface area contributed by atoms with E-state index in [1.165, 1.54) is 12.2 Å². The van der Waals surface area contributed by atoms with Crippen molar-refractivity contribution in [3.05, 3.63) is 29.8 Å². The topological polar surface area (TPSA) is 72.6 Å². The van der Waals surface area contributed by atoms with Crippen molar-refractivity contribution in [2.24, 2.45) is 5.73 Å². The minimum atomic E-state index is -1.03. The van der Waals surface area contributed by atoms with Crippen LogP contribution in [0.4, 0.5) is 0 Å². The fraction of sp³-hybridized carbons (Fsp3) is 0.462. The molecule has 2 unspecified atom stereocenters. The maximum Gasteiger partial charge on any atom is 0.325 e. The second-order valence-corrected chi connectivity index (χ2v) is 5.50. The number of hydrogen-bond acceptors (Lipinski definition) is 4. The number of aliphatic carboxylic acids is 1. The van der Waals surface area contributed by atoms with Crippen LogP contribution in [-0.2, 0) is 4.79 Å². The Bertz CT molecular complexity index is 418. The van der Waals surface area contributed by atoms with E-state index in [2.05, 4.69) is 0 Å². The second kappa shape index (κ2) is 6.11. The van der Waals surface area contributed by atoms with Crippen molar-refractivity contribution in [1.82, 2.24) is 0 Å². The summed E-state index contributed by atoms with van der Waals surface area (Å²) in [6.45, 7) is 0. The molecule has 2 atom stereocenters. The van der Waals surface area contributed by atoms with Crippen LogP contribution < -0.4 is 10.5 Å². The predicted molar refractivity (Wildman–Crippen MR) is 72.0 cm³/mol. The lowest BCUT2D eigenvalue weighted by molar-refractivity contribution is -0.138. The van der Waals surface area contributed by atoms with Gasteiger partial charge in [-0.1, -0.05) is 12.1 Å². The summed E-state index contributed by atoms with van der Waals surface area (Å²) >= 11 is 1.89. The minimum Gasteiger partial charge on any atom is -0.490 e. The number of thioether (sulfide) groups is 1. The zero-order chi connectivity index (χ0) is 13.0. The van der Waals surface area contributed by atoms with E-state index in [1.54, 1.807) is 18.2 Å². The SMILES string of the molecule is NC(C(=O)O)c1cccc(OC2CCCSC2)c1. The lowest BCUT2D eigenvalue weighted by Crippen LogP contribution is -2.24. The summed E-state index contributed by atoms with van der Waals surface area (Å²) < 4.78 is 5.86. The monoisotopic (exact) mass is 267 g/mol. The smallest absolute Gasteiger partial charge is 0.325 e. The minimum absolute atomic E-state index is 0.222. The summed E-state index contributed by atoms with van der Waals surface area (Å²) in [7, 11) is 0. The van der Waals surface area contributed by atoms with Crippen molar-refractivity contribution in [1.29, 1.82) is 0 Å². The maximum absolute atomic E-state index is 10.8. The molecule has 1 aromatic rings. The van der Waals surface area contributed by atoms with Crippen molar-refractivity contribution < 1.29 is 14.6 Å². The van der Waals surface area contributed by atoms with Crippen molar-refractivity contribution in [2.75, 3.05) is 11.5 Å². The Morgan fingerprint density at radius 1 is 1.56 bits per heavy atom. The van der Waals surface area contributed by atoms with Gasteiger partial charge in [-0.05, 0) is 36.3 Å². The maximum atomic E-state index is 10.8. The van der Waals surface area contributed by atoms with Crippen molar-refractivity contribution in [3.8, 4) is 5.75 Å². The van der Waals surface area contributed by atoms with Gasteiger partial charge in [-0.3, -0.25) is 4.79 Å². The van der Waals surface area contributed by atoms with Crippen molar-refractivity contribution in [2.45, 2.75) is 25.0 Å². The molecule has 1 fully saturated rings. The Morgan fingerprint density at radius 2 is 2.39 bits per heavy atom. The van der Waals surface area contributed by atoms with Crippen LogP contribution in [0.3, 0.4) is 0 Å². The Hall–Kier alpha value is -1.20. The van der Waals surface area contributed by atoms with Crippen LogP contribution in [0.15, 0.2) is 24.3 Å². The highest BCUT2D eigenvalue weighted by molar-refractivity contribution is 7.99. The van der Waals surface area contributed by atoms with E-state index in [-0.39, 0.29) is 6.10 Å². The first-order chi connectivity index (χ1) is 8.66. The van der Waals surface area contributed by atoms with E-state index in [0.29, 0.717) is 11.3 Å². The summed E-state index contributed by atoms with van der Waals surface area (Å²) in [5, 5.41) is 8.88. The molecule has 1 saturated heterocycles. The van der Waals surface area contributed by atoms with Crippen molar-refractivity contribution >= 4 is 17.7 Å². The highest BCUT2D eigenvalue weighted by atomic mass is 32.2. The largest absolute Gasteiger partial charge is 0.490 e. The van der Waals surface area contributed by atoms with Gasteiger partial charge in [0.25, 0.3) is 0 Å². The average molecular weight is 267 g/mol. The molecule has 98 valence electrons. The van der Waals surface area contributed by atoms with Gasteiger partial charge in [-0.25, -0.2) is 0 Å². The van der Waals surface area contributed by atoms with E-state index in [9.17, 15) is 4.79 Å². The van der Waals surface area contributed by atoms with Crippen LogP contribution in [0.2, 0.25) is 0 Å². The van der Waals surface area contributed by atoms with Crippen LogP contribution in [0.25, 0.3) is 0 Å². The molecule has 0 aromatic heterocycles. The average Bonchev–Trinajstić information content (AvgIpc) is 2.39. The van der Waals surface area contributed by atoms with Gasteiger partial charge in [0, 0.05) is 5.75 Å². The molecule has 1 heterocycles. The summed E-state index contributed by atoms with van der Waals surface area (Å²) in [5.41, 5.74) is 6.15. The molecule has 5 heteroatoms. The van der Waals surface area contributed by atoms with Crippen LogP contribution in [0.1, 0.15) is 24.4 Å². The summed E-state index contributed by atoms with van der Waals surface area (Å²) in [6.07, 6.45) is 2.45. The normalized spacial score (nSPS) is 21.3. The Labute approximate surface area is 111 Å². The van der Waals surface area contributed by atoms with Gasteiger partial charge < -0.3 is 15.6 Å². The van der Waals surface area contributed by atoms with E-state index < -0.39 is 12.0 Å². The standard InChI is InChI=1S/C13H17NO3S/c14-12(13(15)16)9-3-1-4-10(7-9)17-11-5-2-6-18-8-11/h1,3-4,7,11-12H,2,5-6,8,14H2,(H,15,16). The molecule has 3 N–H and O–H groups in total. The Balaban J connectivity index is 2.04. The molecule has 1 aliphatic heterocycles. The number of carboxylic acids is 1. The third-order valence-electron chi connectivity index (χ3n) is 2.90.